The summed E-state index contributed by atoms with van der Waals surface area (Å²) in [6.07, 6.45) is 4.30. The van der Waals surface area contributed by atoms with Crippen LogP contribution in [0.2, 0.25) is 0 Å². The standard InChI is InChI=1S/C17H26N4O.HI/c1-18-17(20-15-10-14-7-8-16(15)22-14)19-11-12-5-4-6-13(9-12)21(2)3;/h4-6,9,14-16H,7-8,10-11H2,1-3H3,(H2,18,19,20);1H. The zero-order chi connectivity index (χ0) is 15.5. The molecule has 2 bridgehead atoms. The van der Waals surface area contributed by atoms with Crippen molar-refractivity contribution in [3.05, 3.63) is 29.8 Å². The predicted octanol–water partition coefficient (Wildman–Crippen LogP) is 2.36. The Morgan fingerprint density at radius 3 is 2.78 bits per heavy atom. The Bertz CT molecular complexity index is 549. The Balaban J connectivity index is 0.00000192. The third-order valence-corrected chi connectivity index (χ3v) is 4.54. The minimum absolute atomic E-state index is 0. The first-order valence-electron chi connectivity index (χ1n) is 8.04. The van der Waals surface area contributed by atoms with E-state index in [1.54, 1.807) is 0 Å². The number of nitrogens with one attached hydrogen (secondary N) is 2. The van der Waals surface area contributed by atoms with Gasteiger partial charge in [0, 0.05) is 33.4 Å². The van der Waals surface area contributed by atoms with E-state index in [-0.39, 0.29) is 24.0 Å². The Morgan fingerprint density at radius 1 is 1.35 bits per heavy atom. The van der Waals surface area contributed by atoms with Crippen molar-refractivity contribution in [3.8, 4) is 0 Å². The summed E-state index contributed by atoms with van der Waals surface area (Å²) in [5.41, 5.74) is 2.46. The molecule has 128 valence electrons. The number of aliphatic imine (C=N–C) groups is 1. The Morgan fingerprint density at radius 2 is 2.17 bits per heavy atom. The Hall–Kier alpha value is -1.02. The number of nitrogens with zero attached hydrogens (tertiary/aromatic N) is 2. The highest BCUT2D eigenvalue weighted by Crippen LogP contribution is 2.34. The fourth-order valence-electron chi connectivity index (χ4n) is 3.29. The first kappa shape index (κ1) is 18.3. The molecule has 2 heterocycles. The molecular weight excluding hydrogens is 403 g/mol. The topological polar surface area (TPSA) is 48.9 Å². The van der Waals surface area contributed by atoms with Crippen LogP contribution in [0.4, 0.5) is 5.69 Å². The molecule has 0 saturated carbocycles. The number of benzene rings is 1. The highest BCUT2D eigenvalue weighted by atomic mass is 127. The van der Waals surface area contributed by atoms with Crippen LogP contribution in [0.1, 0.15) is 24.8 Å². The molecule has 0 spiro atoms. The van der Waals surface area contributed by atoms with E-state index >= 15 is 0 Å². The molecule has 0 radical (unpaired) electrons. The molecule has 3 rings (SSSR count). The molecule has 2 N–H and O–H groups in total. The van der Waals surface area contributed by atoms with Crippen molar-refractivity contribution in [2.75, 3.05) is 26.0 Å². The van der Waals surface area contributed by atoms with E-state index in [0.29, 0.717) is 18.2 Å². The lowest BCUT2D eigenvalue weighted by Crippen LogP contribution is -2.47. The summed E-state index contributed by atoms with van der Waals surface area (Å²) >= 11 is 0. The molecule has 2 aliphatic rings. The molecule has 23 heavy (non-hydrogen) atoms. The van der Waals surface area contributed by atoms with Gasteiger partial charge in [0.05, 0.1) is 18.2 Å². The lowest BCUT2D eigenvalue weighted by molar-refractivity contribution is 0.0992. The fraction of sp³-hybridized carbons (Fsp3) is 0.588. The summed E-state index contributed by atoms with van der Waals surface area (Å²) in [6.45, 7) is 0.767. The van der Waals surface area contributed by atoms with E-state index in [9.17, 15) is 0 Å². The second kappa shape index (κ2) is 8.19. The van der Waals surface area contributed by atoms with Gasteiger partial charge in [0.2, 0.25) is 0 Å². The van der Waals surface area contributed by atoms with Crippen molar-refractivity contribution in [1.29, 1.82) is 0 Å². The maximum atomic E-state index is 5.88. The van der Waals surface area contributed by atoms with Gasteiger partial charge in [-0.25, -0.2) is 0 Å². The van der Waals surface area contributed by atoms with Crippen molar-refractivity contribution in [1.82, 2.24) is 10.6 Å². The lowest BCUT2D eigenvalue weighted by Gasteiger charge is -2.22. The molecule has 2 aliphatic heterocycles. The molecule has 3 atom stereocenters. The SMILES string of the molecule is CN=C(NCc1cccc(N(C)C)c1)NC1CC2CCC1O2.I. The van der Waals surface area contributed by atoms with Crippen molar-refractivity contribution in [3.63, 3.8) is 0 Å². The zero-order valence-corrected chi connectivity index (χ0v) is 16.4. The third kappa shape index (κ3) is 4.50. The van der Waals surface area contributed by atoms with Gasteiger partial charge >= 0.3 is 0 Å². The minimum atomic E-state index is 0. The van der Waals surface area contributed by atoms with Crippen molar-refractivity contribution < 1.29 is 4.74 Å². The molecule has 1 aromatic carbocycles. The van der Waals surface area contributed by atoms with Crippen LogP contribution in [0, 0.1) is 0 Å². The number of hydrogen-bond acceptors (Lipinski definition) is 3. The highest BCUT2D eigenvalue weighted by Gasteiger charge is 2.41. The van der Waals surface area contributed by atoms with Crippen molar-refractivity contribution >= 4 is 35.6 Å². The first-order valence-corrected chi connectivity index (χ1v) is 8.04. The van der Waals surface area contributed by atoms with Gasteiger partial charge in [-0.15, -0.1) is 24.0 Å². The van der Waals surface area contributed by atoms with Crippen LogP contribution in [0.15, 0.2) is 29.3 Å². The average molecular weight is 430 g/mol. The summed E-state index contributed by atoms with van der Waals surface area (Å²) in [5, 5.41) is 6.91. The summed E-state index contributed by atoms with van der Waals surface area (Å²) in [6, 6.07) is 8.93. The molecule has 3 unspecified atom stereocenters. The predicted molar refractivity (Wildman–Crippen MR) is 106 cm³/mol. The summed E-state index contributed by atoms with van der Waals surface area (Å²) in [7, 11) is 5.93. The maximum absolute atomic E-state index is 5.88. The number of fused-ring (bicyclic) bond motifs is 2. The normalized spacial score (nSPS) is 25.9. The van der Waals surface area contributed by atoms with E-state index in [1.807, 2.05) is 7.05 Å². The first-order chi connectivity index (χ1) is 10.7. The van der Waals surface area contributed by atoms with Gasteiger partial charge in [0.15, 0.2) is 5.96 Å². The number of ether oxygens (including phenoxy) is 1. The fourth-order valence-corrected chi connectivity index (χ4v) is 3.29. The van der Waals surface area contributed by atoms with Crippen LogP contribution in [0.3, 0.4) is 0 Å². The molecule has 2 fully saturated rings. The number of guanidine groups is 1. The van der Waals surface area contributed by atoms with Gasteiger partial charge in [0.25, 0.3) is 0 Å². The molecule has 6 heteroatoms. The quantitative estimate of drug-likeness (QED) is 0.438. The molecule has 2 saturated heterocycles. The molecule has 0 amide bonds. The van der Waals surface area contributed by atoms with Gasteiger partial charge in [-0.3, -0.25) is 4.99 Å². The number of rotatable bonds is 4. The molecule has 5 nitrogen and oxygen atoms in total. The summed E-state index contributed by atoms with van der Waals surface area (Å²) in [5.74, 6) is 0.858. The lowest BCUT2D eigenvalue weighted by atomic mass is 9.96. The number of halogens is 1. The summed E-state index contributed by atoms with van der Waals surface area (Å²) in [4.78, 5) is 6.45. The number of anilines is 1. The smallest absolute Gasteiger partial charge is 0.191 e. The van der Waals surface area contributed by atoms with E-state index in [1.165, 1.54) is 24.1 Å². The summed E-state index contributed by atoms with van der Waals surface area (Å²) < 4.78 is 5.88. The molecule has 0 aliphatic carbocycles. The van der Waals surface area contributed by atoms with Crippen LogP contribution < -0.4 is 15.5 Å². The van der Waals surface area contributed by atoms with E-state index < -0.39 is 0 Å². The van der Waals surface area contributed by atoms with Crippen molar-refractivity contribution in [2.45, 2.75) is 44.1 Å². The van der Waals surface area contributed by atoms with E-state index in [4.69, 9.17) is 4.74 Å². The number of hydrogen-bond donors (Lipinski definition) is 2. The van der Waals surface area contributed by atoms with Crippen LogP contribution in [-0.4, -0.2) is 45.4 Å². The van der Waals surface area contributed by atoms with Gasteiger partial charge in [-0.05, 0) is 37.0 Å². The van der Waals surface area contributed by atoms with Crippen LogP contribution in [0.5, 0.6) is 0 Å². The monoisotopic (exact) mass is 430 g/mol. The molecule has 1 aromatic rings. The Kier molecular flexibility index (Phi) is 6.52. The van der Waals surface area contributed by atoms with E-state index in [2.05, 4.69) is 58.9 Å². The van der Waals surface area contributed by atoms with Gasteiger partial charge in [-0.1, -0.05) is 12.1 Å². The van der Waals surface area contributed by atoms with Crippen LogP contribution in [-0.2, 0) is 11.3 Å². The molecular formula is C17H27IN4O. The second-order valence-electron chi connectivity index (χ2n) is 6.35. The van der Waals surface area contributed by atoms with Gasteiger partial charge in [-0.2, -0.15) is 0 Å². The van der Waals surface area contributed by atoms with Gasteiger partial charge < -0.3 is 20.3 Å². The molecule has 0 aromatic heterocycles. The minimum Gasteiger partial charge on any atom is -0.378 e. The van der Waals surface area contributed by atoms with E-state index in [0.717, 1.165) is 18.9 Å². The second-order valence-corrected chi connectivity index (χ2v) is 6.35. The van der Waals surface area contributed by atoms with Crippen molar-refractivity contribution in [2.24, 2.45) is 4.99 Å². The largest absolute Gasteiger partial charge is 0.378 e. The average Bonchev–Trinajstić information content (AvgIpc) is 3.14. The van der Waals surface area contributed by atoms with Crippen LogP contribution >= 0.6 is 24.0 Å². The third-order valence-electron chi connectivity index (χ3n) is 4.54. The Labute approximate surface area is 155 Å². The maximum Gasteiger partial charge on any atom is 0.191 e. The zero-order valence-electron chi connectivity index (χ0n) is 14.1. The van der Waals surface area contributed by atoms with Gasteiger partial charge in [0.1, 0.15) is 0 Å². The van der Waals surface area contributed by atoms with Crippen LogP contribution in [0.25, 0.3) is 0 Å². The highest BCUT2D eigenvalue weighted by molar-refractivity contribution is 14.0.